The molecule has 1 aliphatic rings. The Balaban J connectivity index is 2.74. The molecule has 0 radical (unpaired) electrons. The number of carbonyl (C=O) groups is 2. The van der Waals surface area contributed by atoms with Gasteiger partial charge in [0.2, 0.25) is 0 Å². The lowest BCUT2D eigenvalue weighted by Crippen LogP contribution is -2.65. The van der Waals surface area contributed by atoms with E-state index in [9.17, 15) is 63.1 Å². The van der Waals surface area contributed by atoms with Crippen LogP contribution in [0.1, 0.15) is 168 Å². The Hall–Kier alpha value is -1.89. The molecule has 1 rings (SSSR count). The van der Waals surface area contributed by atoms with E-state index in [2.05, 4.69) is 71.5 Å². The molecule has 8 N–H and O–H groups in total. The maximum atomic E-state index is 13.1. The van der Waals surface area contributed by atoms with Crippen molar-refractivity contribution in [3.05, 3.63) is 48.6 Å². The molecule has 0 saturated heterocycles. The number of ether oxygens (including phenoxy) is 2. The standard InChI is InChI=1S/C45H81O19P3/c1-3-5-7-9-11-13-15-17-19-21-23-25-27-29-31-33-38(46)59-35-37(61-39(47)34-32-30-28-26-24-22-20-18-16-14-12-10-8-6-4-2)36-60-67(57,58)64-43-40(48)41(49)44(62-65(51,52)53)45(42(43)50)63-66(54,55)56/h5,7,11,13-14,16-17,19,37,40-45,48-50H,3-4,6,8-10,12,15,18,20-36H2,1-2H3,(H,57,58)(H2,51,52,53)(H2,54,55,56)/b7-5-,13-11-,16-14-,19-17-/t37-,40?,41?,42?,43+,44?,45+/m1/s1. The molecule has 390 valence electrons. The van der Waals surface area contributed by atoms with Crippen LogP contribution in [0.3, 0.4) is 0 Å². The smallest absolute Gasteiger partial charge is 0.462 e. The summed E-state index contributed by atoms with van der Waals surface area (Å²) in [6.07, 6.45) is 22.7. The average Bonchev–Trinajstić information content (AvgIpc) is 3.25. The van der Waals surface area contributed by atoms with Crippen molar-refractivity contribution in [2.24, 2.45) is 0 Å². The number of esters is 2. The normalized spacial score (nSPS) is 22.0. The molecule has 67 heavy (non-hydrogen) atoms. The summed E-state index contributed by atoms with van der Waals surface area (Å²) in [5, 5.41) is 31.9. The van der Waals surface area contributed by atoms with Gasteiger partial charge in [0, 0.05) is 12.8 Å². The number of unbranched alkanes of at least 4 members (excludes halogenated alkanes) is 16. The first kappa shape index (κ1) is 63.1. The van der Waals surface area contributed by atoms with Crippen LogP contribution in [0.5, 0.6) is 0 Å². The summed E-state index contributed by atoms with van der Waals surface area (Å²) in [4.78, 5) is 73.2. The number of hydrogen-bond donors (Lipinski definition) is 8. The van der Waals surface area contributed by atoms with E-state index in [0.29, 0.717) is 12.8 Å². The van der Waals surface area contributed by atoms with Gasteiger partial charge in [-0.15, -0.1) is 0 Å². The molecule has 1 aliphatic carbocycles. The van der Waals surface area contributed by atoms with E-state index in [0.717, 1.165) is 103 Å². The number of allylic oxidation sites excluding steroid dienone is 8. The van der Waals surface area contributed by atoms with Gasteiger partial charge in [-0.1, -0.05) is 133 Å². The molecule has 19 nitrogen and oxygen atoms in total. The Morgan fingerprint density at radius 1 is 0.493 bits per heavy atom. The SMILES string of the molecule is CC/C=C\C/C=C\C/C=C\CCCCCCCC(=O)OC[C@H](COP(=O)(O)O[C@H]1C(O)C(O)C(OP(=O)(O)O)[C@@H](OP(=O)(O)O)C1O)OC(=O)CCCCCCCCC/C=C\CCCCCC. The predicted octanol–water partition coefficient (Wildman–Crippen LogP) is 8.62. The minimum absolute atomic E-state index is 0.0122. The molecule has 0 heterocycles. The zero-order valence-electron chi connectivity index (χ0n) is 39.5. The summed E-state index contributed by atoms with van der Waals surface area (Å²) in [7, 11) is -16.6. The molecule has 0 aromatic carbocycles. The second-order valence-electron chi connectivity index (χ2n) is 16.7. The van der Waals surface area contributed by atoms with Crippen molar-refractivity contribution in [3.63, 3.8) is 0 Å². The maximum absolute atomic E-state index is 13.1. The van der Waals surface area contributed by atoms with Gasteiger partial charge in [-0.2, -0.15) is 0 Å². The minimum atomic E-state index is -5.60. The van der Waals surface area contributed by atoms with Crippen LogP contribution in [0.15, 0.2) is 48.6 Å². The van der Waals surface area contributed by atoms with Gasteiger partial charge in [0.15, 0.2) is 6.10 Å². The Kier molecular flexibility index (Phi) is 34.8. The lowest BCUT2D eigenvalue weighted by Gasteiger charge is -2.44. The largest absolute Gasteiger partial charge is 0.472 e. The fourth-order valence-electron chi connectivity index (χ4n) is 7.06. The molecule has 5 unspecified atom stereocenters. The van der Waals surface area contributed by atoms with Crippen molar-refractivity contribution >= 4 is 35.4 Å². The first-order valence-electron chi connectivity index (χ1n) is 23.9. The van der Waals surface area contributed by atoms with Gasteiger partial charge in [-0.3, -0.25) is 27.7 Å². The van der Waals surface area contributed by atoms with Crippen LogP contribution < -0.4 is 0 Å². The Morgan fingerprint density at radius 2 is 0.910 bits per heavy atom. The van der Waals surface area contributed by atoms with Crippen LogP contribution in [-0.4, -0.2) is 108 Å². The summed E-state index contributed by atoms with van der Waals surface area (Å²) < 4.78 is 65.5. The first-order chi connectivity index (χ1) is 31.8. The monoisotopic (exact) mass is 1020 g/mol. The molecule has 22 heteroatoms. The number of phosphoric acid groups is 3. The van der Waals surface area contributed by atoms with E-state index >= 15 is 0 Å². The third kappa shape index (κ3) is 33.4. The van der Waals surface area contributed by atoms with E-state index in [1.54, 1.807) is 0 Å². The Bertz CT molecular complexity index is 1590. The fraction of sp³-hybridized carbons (Fsp3) is 0.778. The third-order valence-corrected chi connectivity index (χ3v) is 12.6. The molecule has 0 aliphatic heterocycles. The van der Waals surface area contributed by atoms with Crippen LogP contribution in [0, 0.1) is 0 Å². The number of hydrogen-bond acceptors (Lipinski definition) is 14. The van der Waals surface area contributed by atoms with E-state index in [1.807, 2.05) is 0 Å². The average molecular weight is 1020 g/mol. The fourth-order valence-corrected chi connectivity index (χ4v) is 9.16. The number of aliphatic hydroxyl groups is 3. The number of aliphatic hydroxyl groups excluding tert-OH is 3. The molecule has 0 amide bonds. The summed E-state index contributed by atoms with van der Waals surface area (Å²) in [6.45, 7) is 2.80. The van der Waals surface area contributed by atoms with Gasteiger partial charge < -0.3 is 49.3 Å². The summed E-state index contributed by atoms with van der Waals surface area (Å²) in [5.41, 5.74) is 0. The molecule has 8 atom stereocenters. The lowest BCUT2D eigenvalue weighted by atomic mass is 9.85. The zero-order valence-corrected chi connectivity index (χ0v) is 42.1. The Labute approximate surface area is 397 Å². The molecule has 0 aromatic heterocycles. The maximum Gasteiger partial charge on any atom is 0.472 e. The van der Waals surface area contributed by atoms with Gasteiger partial charge in [0.25, 0.3) is 0 Å². The zero-order chi connectivity index (χ0) is 50.0. The second kappa shape index (κ2) is 37.0. The Morgan fingerprint density at radius 3 is 1.42 bits per heavy atom. The van der Waals surface area contributed by atoms with Crippen molar-refractivity contribution < 1.29 is 90.6 Å². The van der Waals surface area contributed by atoms with Crippen molar-refractivity contribution in [1.29, 1.82) is 0 Å². The van der Waals surface area contributed by atoms with Crippen LogP contribution >= 0.6 is 23.5 Å². The predicted molar refractivity (Wildman–Crippen MR) is 252 cm³/mol. The van der Waals surface area contributed by atoms with Crippen LogP contribution in [-0.2, 0) is 50.9 Å². The highest BCUT2D eigenvalue weighted by atomic mass is 31.2. The lowest BCUT2D eigenvalue weighted by molar-refractivity contribution is -0.213. The topological polar surface area (TPSA) is 303 Å². The highest BCUT2D eigenvalue weighted by Crippen LogP contribution is 2.51. The molecular weight excluding hydrogens is 937 g/mol. The van der Waals surface area contributed by atoms with Gasteiger partial charge in [0.05, 0.1) is 6.61 Å². The summed E-state index contributed by atoms with van der Waals surface area (Å²) >= 11 is 0. The van der Waals surface area contributed by atoms with Crippen molar-refractivity contribution in [3.8, 4) is 0 Å². The summed E-state index contributed by atoms with van der Waals surface area (Å²) in [5.74, 6) is -1.32. The van der Waals surface area contributed by atoms with Gasteiger partial charge in [0.1, 0.15) is 43.2 Å². The van der Waals surface area contributed by atoms with Crippen LogP contribution in [0.25, 0.3) is 0 Å². The van der Waals surface area contributed by atoms with Crippen molar-refractivity contribution in [2.45, 2.75) is 211 Å². The molecule has 0 aromatic rings. The molecule has 1 fully saturated rings. The van der Waals surface area contributed by atoms with E-state index < -0.39 is 91.3 Å². The molecule has 0 spiro atoms. The second-order valence-corrected chi connectivity index (χ2v) is 20.4. The third-order valence-electron chi connectivity index (χ3n) is 10.6. The van der Waals surface area contributed by atoms with E-state index in [-0.39, 0.29) is 12.8 Å². The highest BCUT2D eigenvalue weighted by molar-refractivity contribution is 7.47. The van der Waals surface area contributed by atoms with Gasteiger partial charge in [-0.05, 0) is 70.6 Å². The highest BCUT2D eigenvalue weighted by Gasteiger charge is 2.56. The van der Waals surface area contributed by atoms with Crippen molar-refractivity contribution in [1.82, 2.24) is 0 Å². The quantitative estimate of drug-likeness (QED) is 0.0123. The van der Waals surface area contributed by atoms with Crippen molar-refractivity contribution in [2.75, 3.05) is 13.2 Å². The van der Waals surface area contributed by atoms with Crippen LogP contribution in [0.2, 0.25) is 0 Å². The minimum Gasteiger partial charge on any atom is -0.462 e. The first-order valence-corrected chi connectivity index (χ1v) is 28.5. The van der Waals surface area contributed by atoms with E-state index in [1.165, 1.54) is 25.7 Å². The van der Waals surface area contributed by atoms with E-state index in [4.69, 9.17) is 18.5 Å². The van der Waals surface area contributed by atoms with Gasteiger partial charge in [-0.25, -0.2) is 13.7 Å². The van der Waals surface area contributed by atoms with Gasteiger partial charge >= 0.3 is 35.4 Å². The molecule has 1 saturated carbocycles. The molecular formula is C45H81O19P3. The van der Waals surface area contributed by atoms with Crippen LogP contribution in [0.4, 0.5) is 0 Å². The molecule has 0 bridgehead atoms. The summed E-state index contributed by atoms with van der Waals surface area (Å²) in [6, 6.07) is 0. The number of rotatable bonds is 40. The number of phosphoric ester groups is 3. The number of carbonyl (C=O) groups excluding carboxylic acids is 2.